The van der Waals surface area contributed by atoms with Crippen LogP contribution in [0.3, 0.4) is 0 Å². The average molecular weight is 367 g/mol. The molecule has 2 aromatic rings. The van der Waals surface area contributed by atoms with Crippen molar-refractivity contribution in [3.63, 3.8) is 0 Å². The molecule has 0 aromatic heterocycles. The third-order valence-corrected chi connectivity index (χ3v) is 3.68. The molecule has 25 heavy (non-hydrogen) atoms. The predicted octanol–water partition coefficient (Wildman–Crippen LogP) is 4.20. The van der Waals surface area contributed by atoms with Crippen LogP contribution in [0.25, 0.3) is 0 Å². The summed E-state index contributed by atoms with van der Waals surface area (Å²) in [6.45, 7) is 5.08. The summed E-state index contributed by atoms with van der Waals surface area (Å²) in [6, 6.07) is 8.75. The van der Waals surface area contributed by atoms with Crippen LogP contribution in [0.5, 0.6) is 0 Å². The van der Waals surface area contributed by atoms with Crippen LogP contribution in [-0.2, 0) is 0 Å². The number of amides is 2. The average Bonchev–Trinajstić information content (AvgIpc) is 2.51. The molecule has 0 fully saturated rings. The molecule has 2 rings (SSSR count). The van der Waals surface area contributed by atoms with Gasteiger partial charge in [-0.25, -0.2) is 13.8 Å². The van der Waals surface area contributed by atoms with Gasteiger partial charge in [-0.1, -0.05) is 17.7 Å². The Morgan fingerprint density at radius 1 is 1.04 bits per heavy atom. The molecule has 0 saturated carbocycles. The fraction of sp³-hybridized carbons (Fsp3) is 0.222. The normalized spacial score (nSPS) is 11.1. The smallest absolute Gasteiger partial charge is 0.267 e. The van der Waals surface area contributed by atoms with Crippen molar-refractivity contribution in [3.8, 4) is 0 Å². The van der Waals surface area contributed by atoms with Crippen LogP contribution >= 0.6 is 11.6 Å². The van der Waals surface area contributed by atoms with Crippen LogP contribution in [0, 0.1) is 11.6 Å². The van der Waals surface area contributed by atoms with Gasteiger partial charge in [-0.3, -0.25) is 15.0 Å². The molecule has 0 aliphatic heterocycles. The SMILES string of the molecule is CC(C)(C)N(NC(=O)c1c(F)cccc1Cl)C(=O)c1ccc(F)cc1. The monoisotopic (exact) mass is 366 g/mol. The number of carbonyl (C=O) groups excluding carboxylic acids is 2. The third-order valence-electron chi connectivity index (χ3n) is 3.37. The van der Waals surface area contributed by atoms with Crippen LogP contribution < -0.4 is 5.43 Å². The summed E-state index contributed by atoms with van der Waals surface area (Å²) in [7, 11) is 0. The van der Waals surface area contributed by atoms with Gasteiger partial charge in [0.1, 0.15) is 11.6 Å². The Morgan fingerprint density at radius 3 is 2.16 bits per heavy atom. The second kappa shape index (κ2) is 7.19. The molecule has 7 heteroatoms. The Labute approximate surface area is 149 Å². The van der Waals surface area contributed by atoms with E-state index < -0.39 is 29.0 Å². The molecule has 2 aromatic carbocycles. The number of nitrogens with zero attached hydrogens (tertiary/aromatic N) is 1. The number of carbonyl (C=O) groups is 2. The molecule has 0 unspecified atom stereocenters. The fourth-order valence-electron chi connectivity index (χ4n) is 2.12. The summed E-state index contributed by atoms with van der Waals surface area (Å²) in [5.74, 6) is -2.70. The van der Waals surface area contributed by atoms with Crippen LogP contribution in [0.2, 0.25) is 5.02 Å². The predicted molar refractivity (Wildman–Crippen MR) is 91.2 cm³/mol. The van der Waals surface area contributed by atoms with Gasteiger partial charge in [-0.2, -0.15) is 0 Å². The Morgan fingerprint density at radius 2 is 1.64 bits per heavy atom. The zero-order chi connectivity index (χ0) is 18.8. The van der Waals surface area contributed by atoms with Crippen molar-refractivity contribution in [1.29, 1.82) is 0 Å². The number of halogens is 3. The molecular weight excluding hydrogens is 350 g/mol. The summed E-state index contributed by atoms with van der Waals surface area (Å²) in [4.78, 5) is 25.1. The van der Waals surface area contributed by atoms with E-state index in [1.165, 1.54) is 24.3 Å². The minimum Gasteiger partial charge on any atom is -0.267 e. The van der Waals surface area contributed by atoms with Crippen molar-refractivity contribution in [2.24, 2.45) is 0 Å². The van der Waals surface area contributed by atoms with Crippen LogP contribution in [0.4, 0.5) is 8.78 Å². The zero-order valence-electron chi connectivity index (χ0n) is 13.9. The van der Waals surface area contributed by atoms with Crippen molar-refractivity contribution < 1.29 is 18.4 Å². The molecule has 132 valence electrons. The van der Waals surface area contributed by atoms with E-state index in [1.807, 2.05) is 0 Å². The maximum absolute atomic E-state index is 13.9. The van der Waals surface area contributed by atoms with E-state index in [-0.39, 0.29) is 16.1 Å². The Balaban J connectivity index is 2.34. The summed E-state index contributed by atoms with van der Waals surface area (Å²) < 4.78 is 27.0. The number of rotatable bonds is 2. The number of hydrogen-bond acceptors (Lipinski definition) is 2. The van der Waals surface area contributed by atoms with Gasteiger partial charge in [-0.05, 0) is 57.2 Å². The molecule has 2 amide bonds. The van der Waals surface area contributed by atoms with E-state index >= 15 is 0 Å². The van der Waals surface area contributed by atoms with Crippen LogP contribution in [-0.4, -0.2) is 22.4 Å². The standard InChI is InChI=1S/C18H17ClF2N2O2/c1-18(2,3)23(17(25)11-7-9-12(20)10-8-11)22-16(24)15-13(19)5-4-6-14(15)21/h4-10H,1-3H3,(H,22,24). The first-order valence-corrected chi connectivity index (χ1v) is 7.84. The third kappa shape index (κ3) is 4.33. The minimum atomic E-state index is -0.853. The Hall–Kier alpha value is -2.47. The van der Waals surface area contributed by atoms with Gasteiger partial charge in [0.2, 0.25) is 0 Å². The first-order valence-electron chi connectivity index (χ1n) is 7.46. The van der Waals surface area contributed by atoms with E-state index in [2.05, 4.69) is 5.43 Å². The lowest BCUT2D eigenvalue weighted by Crippen LogP contribution is -2.56. The van der Waals surface area contributed by atoms with Crippen LogP contribution in [0.15, 0.2) is 42.5 Å². The molecule has 0 spiro atoms. The molecule has 1 N–H and O–H groups in total. The highest BCUT2D eigenvalue weighted by Crippen LogP contribution is 2.21. The topological polar surface area (TPSA) is 49.4 Å². The van der Waals surface area contributed by atoms with Crippen molar-refractivity contribution >= 4 is 23.4 Å². The van der Waals surface area contributed by atoms with Gasteiger partial charge >= 0.3 is 0 Å². The molecule has 0 saturated heterocycles. The van der Waals surface area contributed by atoms with E-state index in [4.69, 9.17) is 11.6 Å². The quantitative estimate of drug-likeness (QED) is 0.810. The highest BCUT2D eigenvalue weighted by atomic mass is 35.5. The summed E-state index contributed by atoms with van der Waals surface area (Å²) in [6.07, 6.45) is 0. The van der Waals surface area contributed by atoms with E-state index in [9.17, 15) is 18.4 Å². The van der Waals surface area contributed by atoms with Crippen molar-refractivity contribution in [2.75, 3.05) is 0 Å². The van der Waals surface area contributed by atoms with E-state index in [0.717, 1.165) is 23.2 Å². The van der Waals surface area contributed by atoms with Crippen LogP contribution in [0.1, 0.15) is 41.5 Å². The number of hydrazine groups is 1. The molecule has 0 heterocycles. The second-order valence-electron chi connectivity index (χ2n) is 6.36. The van der Waals surface area contributed by atoms with Crippen molar-refractivity contribution in [3.05, 3.63) is 70.2 Å². The Kier molecular flexibility index (Phi) is 5.42. The van der Waals surface area contributed by atoms with Gasteiger partial charge < -0.3 is 0 Å². The van der Waals surface area contributed by atoms with Gasteiger partial charge in [0.05, 0.1) is 16.1 Å². The first-order chi connectivity index (χ1) is 11.6. The van der Waals surface area contributed by atoms with Crippen molar-refractivity contribution in [1.82, 2.24) is 10.4 Å². The molecule has 0 aliphatic rings. The molecule has 4 nitrogen and oxygen atoms in total. The maximum atomic E-state index is 13.9. The number of benzene rings is 2. The first kappa shape index (κ1) is 18.9. The highest BCUT2D eigenvalue weighted by Gasteiger charge is 2.30. The highest BCUT2D eigenvalue weighted by molar-refractivity contribution is 6.33. The minimum absolute atomic E-state index is 0.0689. The second-order valence-corrected chi connectivity index (χ2v) is 6.76. The molecule has 0 bridgehead atoms. The summed E-state index contributed by atoms with van der Waals surface area (Å²) >= 11 is 5.89. The number of hydrogen-bond donors (Lipinski definition) is 1. The molecule has 0 aliphatic carbocycles. The molecular formula is C18H17ClF2N2O2. The summed E-state index contributed by atoms with van der Waals surface area (Å²) in [5, 5.41) is 0.992. The lowest BCUT2D eigenvalue weighted by atomic mass is 10.1. The maximum Gasteiger partial charge on any atom is 0.274 e. The largest absolute Gasteiger partial charge is 0.274 e. The van der Waals surface area contributed by atoms with Gasteiger partial charge in [0.15, 0.2) is 0 Å². The van der Waals surface area contributed by atoms with E-state index in [1.54, 1.807) is 20.8 Å². The van der Waals surface area contributed by atoms with Gasteiger partial charge in [0.25, 0.3) is 11.8 Å². The fourth-order valence-corrected chi connectivity index (χ4v) is 2.37. The zero-order valence-corrected chi connectivity index (χ0v) is 14.7. The molecule has 0 atom stereocenters. The Bertz CT molecular complexity index is 781. The lowest BCUT2D eigenvalue weighted by molar-refractivity contribution is 0.0357. The number of nitrogens with one attached hydrogen (secondary N) is 1. The molecule has 0 radical (unpaired) electrons. The van der Waals surface area contributed by atoms with E-state index in [0.29, 0.717) is 0 Å². The van der Waals surface area contributed by atoms with Gasteiger partial charge in [0, 0.05) is 5.56 Å². The lowest BCUT2D eigenvalue weighted by Gasteiger charge is -2.35. The van der Waals surface area contributed by atoms with Gasteiger partial charge in [-0.15, -0.1) is 0 Å². The van der Waals surface area contributed by atoms with Crippen molar-refractivity contribution in [2.45, 2.75) is 26.3 Å². The summed E-state index contributed by atoms with van der Waals surface area (Å²) in [5.41, 5.74) is 1.39.